The van der Waals surface area contributed by atoms with Crippen molar-refractivity contribution in [1.82, 2.24) is 19.8 Å². The fraction of sp³-hybridized carbons (Fsp3) is 0.533. The SMILES string of the molecule is CC1(C)CC(O)(c2ccc(-c3cc4c(N5CCN(C(=O)C6CC6)CC5)ccnn4c3)cc2)CC(C)(C)N1. The number of rotatable bonds is 4. The predicted molar refractivity (Wildman–Crippen MR) is 147 cm³/mol. The van der Waals surface area contributed by atoms with E-state index in [1.807, 2.05) is 15.6 Å². The maximum absolute atomic E-state index is 12.5. The van der Waals surface area contributed by atoms with Crippen molar-refractivity contribution in [3.63, 3.8) is 0 Å². The Morgan fingerprint density at radius 3 is 2.22 bits per heavy atom. The van der Waals surface area contributed by atoms with Crippen molar-refractivity contribution in [2.75, 3.05) is 31.1 Å². The number of fused-ring (bicyclic) bond motifs is 1. The minimum absolute atomic E-state index is 0.145. The second-order valence-electron chi connectivity index (χ2n) is 12.7. The molecule has 3 fully saturated rings. The minimum Gasteiger partial charge on any atom is -0.385 e. The lowest BCUT2D eigenvalue weighted by molar-refractivity contribution is -0.132. The zero-order valence-corrected chi connectivity index (χ0v) is 22.5. The van der Waals surface area contributed by atoms with Crippen molar-refractivity contribution in [3.8, 4) is 11.1 Å². The molecule has 7 heteroatoms. The maximum Gasteiger partial charge on any atom is 0.225 e. The van der Waals surface area contributed by atoms with Crippen molar-refractivity contribution in [2.45, 2.75) is 70.1 Å². The van der Waals surface area contributed by atoms with Crippen LogP contribution < -0.4 is 10.2 Å². The first-order chi connectivity index (χ1) is 17.5. The number of benzene rings is 1. The highest BCUT2D eigenvalue weighted by atomic mass is 16.3. The lowest BCUT2D eigenvalue weighted by Crippen LogP contribution is -2.62. The molecule has 1 aliphatic carbocycles. The van der Waals surface area contributed by atoms with Crippen LogP contribution in [-0.2, 0) is 10.4 Å². The molecule has 3 aliphatic rings. The van der Waals surface area contributed by atoms with Crippen LogP contribution in [0.2, 0.25) is 0 Å². The quantitative estimate of drug-likeness (QED) is 0.561. The van der Waals surface area contributed by atoms with Gasteiger partial charge < -0.3 is 20.2 Å². The largest absolute Gasteiger partial charge is 0.385 e. The van der Waals surface area contributed by atoms with E-state index in [0.29, 0.717) is 18.7 Å². The molecule has 0 bridgehead atoms. The number of carbonyl (C=O) groups is 1. The Labute approximate surface area is 219 Å². The van der Waals surface area contributed by atoms with Gasteiger partial charge in [-0.1, -0.05) is 24.3 Å². The van der Waals surface area contributed by atoms with Crippen LogP contribution in [0.1, 0.15) is 58.9 Å². The molecule has 2 aliphatic heterocycles. The Morgan fingerprint density at radius 2 is 1.59 bits per heavy atom. The van der Waals surface area contributed by atoms with E-state index in [-0.39, 0.29) is 17.0 Å². The second-order valence-corrected chi connectivity index (χ2v) is 12.7. The molecule has 1 amide bonds. The second kappa shape index (κ2) is 8.57. The van der Waals surface area contributed by atoms with Crippen molar-refractivity contribution in [3.05, 3.63) is 54.4 Å². The van der Waals surface area contributed by atoms with Gasteiger partial charge in [-0.05, 0) is 76.6 Å². The van der Waals surface area contributed by atoms with E-state index >= 15 is 0 Å². The van der Waals surface area contributed by atoms with Crippen LogP contribution in [0.25, 0.3) is 16.6 Å². The number of carbonyl (C=O) groups excluding carboxylic acids is 1. The van der Waals surface area contributed by atoms with Gasteiger partial charge in [0.1, 0.15) is 0 Å². The highest BCUT2D eigenvalue weighted by Crippen LogP contribution is 2.43. The summed E-state index contributed by atoms with van der Waals surface area (Å²) in [4.78, 5) is 16.9. The zero-order chi connectivity index (χ0) is 26.0. The molecule has 6 rings (SSSR count). The Balaban J connectivity index is 1.23. The Morgan fingerprint density at radius 1 is 0.946 bits per heavy atom. The Kier molecular flexibility index (Phi) is 5.66. The van der Waals surface area contributed by atoms with Gasteiger partial charge in [-0.2, -0.15) is 5.10 Å². The summed E-state index contributed by atoms with van der Waals surface area (Å²) < 4.78 is 1.95. The fourth-order valence-corrected chi connectivity index (χ4v) is 6.89. The average Bonchev–Trinajstić information content (AvgIpc) is 3.59. The molecular formula is C30H39N5O2. The number of aliphatic hydroxyl groups is 1. The van der Waals surface area contributed by atoms with E-state index in [0.717, 1.165) is 66.9 Å². The summed E-state index contributed by atoms with van der Waals surface area (Å²) in [5.74, 6) is 0.626. The van der Waals surface area contributed by atoms with Crippen molar-refractivity contribution < 1.29 is 9.90 Å². The smallest absolute Gasteiger partial charge is 0.225 e. The number of hydrogen-bond donors (Lipinski definition) is 2. The van der Waals surface area contributed by atoms with Gasteiger partial charge in [0.25, 0.3) is 0 Å². The molecule has 4 heterocycles. The van der Waals surface area contributed by atoms with Crippen LogP contribution in [0.15, 0.2) is 48.8 Å². The normalized spacial score (nSPS) is 22.8. The number of aromatic nitrogens is 2. The van der Waals surface area contributed by atoms with Gasteiger partial charge in [-0.3, -0.25) is 4.79 Å². The van der Waals surface area contributed by atoms with Gasteiger partial charge in [0.15, 0.2) is 0 Å². The van der Waals surface area contributed by atoms with E-state index in [1.54, 1.807) is 0 Å². The molecule has 7 nitrogen and oxygen atoms in total. The first kappa shape index (κ1) is 24.4. The van der Waals surface area contributed by atoms with E-state index in [4.69, 9.17) is 0 Å². The standard InChI is InChI=1S/C30H39N5O2/c1-28(2)19-30(37,20-29(3,4)32-28)24-9-7-21(8-10-24)23-17-26-25(11-12-31-35(26)18-23)33-13-15-34(16-14-33)27(36)22-5-6-22/h7-12,17-18,22,32,37H,5-6,13-16,19-20H2,1-4H3. The number of anilines is 1. The molecule has 0 unspecified atom stereocenters. The molecule has 3 aromatic rings. The van der Waals surface area contributed by atoms with Crippen LogP contribution >= 0.6 is 0 Å². The molecule has 1 saturated carbocycles. The Bertz CT molecular complexity index is 1300. The lowest BCUT2D eigenvalue weighted by atomic mass is 9.70. The van der Waals surface area contributed by atoms with E-state index < -0.39 is 5.60 Å². The number of piperazine rings is 1. The lowest BCUT2D eigenvalue weighted by Gasteiger charge is -2.51. The summed E-state index contributed by atoms with van der Waals surface area (Å²) in [5.41, 5.74) is 4.26. The molecule has 0 spiro atoms. The summed E-state index contributed by atoms with van der Waals surface area (Å²) >= 11 is 0. The highest BCUT2D eigenvalue weighted by Gasteiger charge is 2.46. The Hall–Kier alpha value is -2.90. The van der Waals surface area contributed by atoms with Crippen molar-refractivity contribution in [2.24, 2.45) is 5.92 Å². The predicted octanol–water partition coefficient (Wildman–Crippen LogP) is 4.19. The van der Waals surface area contributed by atoms with Gasteiger partial charge >= 0.3 is 0 Å². The van der Waals surface area contributed by atoms with E-state index in [2.05, 4.69) is 85.6 Å². The topological polar surface area (TPSA) is 73.1 Å². The van der Waals surface area contributed by atoms with Gasteiger partial charge in [0.2, 0.25) is 5.91 Å². The summed E-state index contributed by atoms with van der Waals surface area (Å²) in [5, 5.41) is 19.9. The third-order valence-corrected chi connectivity index (χ3v) is 8.25. The molecule has 0 radical (unpaired) electrons. The van der Waals surface area contributed by atoms with Gasteiger partial charge in [-0.15, -0.1) is 0 Å². The molecule has 37 heavy (non-hydrogen) atoms. The molecule has 196 valence electrons. The number of piperidine rings is 1. The molecule has 2 saturated heterocycles. The molecular weight excluding hydrogens is 462 g/mol. The number of nitrogens with one attached hydrogen (secondary N) is 1. The van der Waals surface area contributed by atoms with E-state index in [9.17, 15) is 9.90 Å². The molecule has 2 aromatic heterocycles. The maximum atomic E-state index is 12.5. The van der Waals surface area contributed by atoms with Gasteiger partial charge in [-0.25, -0.2) is 4.52 Å². The van der Waals surface area contributed by atoms with Crippen molar-refractivity contribution in [1.29, 1.82) is 0 Å². The zero-order valence-electron chi connectivity index (χ0n) is 22.5. The summed E-state index contributed by atoms with van der Waals surface area (Å²) in [6.07, 6.45) is 7.39. The third-order valence-electron chi connectivity index (χ3n) is 8.25. The monoisotopic (exact) mass is 501 g/mol. The van der Waals surface area contributed by atoms with Crippen LogP contribution in [0, 0.1) is 5.92 Å². The third kappa shape index (κ3) is 4.75. The summed E-state index contributed by atoms with van der Waals surface area (Å²) in [7, 11) is 0. The highest BCUT2D eigenvalue weighted by molar-refractivity contribution is 5.82. The summed E-state index contributed by atoms with van der Waals surface area (Å²) in [6.45, 7) is 11.9. The molecule has 2 N–H and O–H groups in total. The van der Waals surface area contributed by atoms with E-state index in [1.165, 1.54) is 0 Å². The summed E-state index contributed by atoms with van der Waals surface area (Å²) in [6, 6.07) is 12.7. The fourth-order valence-electron chi connectivity index (χ4n) is 6.89. The first-order valence-electron chi connectivity index (χ1n) is 13.7. The number of amides is 1. The first-order valence-corrected chi connectivity index (χ1v) is 13.7. The van der Waals surface area contributed by atoms with Gasteiger partial charge in [0, 0.05) is 61.1 Å². The van der Waals surface area contributed by atoms with Crippen LogP contribution in [0.5, 0.6) is 0 Å². The number of hydrogen-bond acceptors (Lipinski definition) is 5. The van der Waals surface area contributed by atoms with Crippen molar-refractivity contribution >= 4 is 17.1 Å². The molecule has 1 aromatic carbocycles. The minimum atomic E-state index is -0.861. The van der Waals surface area contributed by atoms with Gasteiger partial charge in [0.05, 0.1) is 16.8 Å². The average molecular weight is 502 g/mol. The molecule has 0 atom stereocenters. The number of nitrogens with zero attached hydrogens (tertiary/aromatic N) is 4. The van der Waals surface area contributed by atoms with Crippen LogP contribution in [-0.4, -0.2) is 62.8 Å². The van der Waals surface area contributed by atoms with Crippen LogP contribution in [0.4, 0.5) is 5.69 Å². The van der Waals surface area contributed by atoms with Crippen LogP contribution in [0.3, 0.4) is 0 Å².